The summed E-state index contributed by atoms with van der Waals surface area (Å²) in [4.78, 5) is 29.1. The van der Waals surface area contributed by atoms with E-state index in [2.05, 4.69) is 15.8 Å². The molecule has 0 spiro atoms. The largest absolute Gasteiger partial charge is 0.382 e. The van der Waals surface area contributed by atoms with Crippen molar-refractivity contribution < 1.29 is 19.2 Å². The van der Waals surface area contributed by atoms with Crippen molar-refractivity contribution in [3.63, 3.8) is 0 Å². The van der Waals surface area contributed by atoms with Crippen molar-refractivity contribution in [1.82, 2.24) is 10.6 Å². The van der Waals surface area contributed by atoms with Gasteiger partial charge in [0.1, 0.15) is 0 Å². The van der Waals surface area contributed by atoms with E-state index in [-0.39, 0.29) is 24.5 Å². The van der Waals surface area contributed by atoms with Crippen LogP contribution in [0.2, 0.25) is 5.02 Å². The van der Waals surface area contributed by atoms with E-state index in [0.717, 1.165) is 25.0 Å². The van der Waals surface area contributed by atoms with E-state index in [0.29, 0.717) is 23.7 Å². The van der Waals surface area contributed by atoms with Gasteiger partial charge in [0, 0.05) is 24.6 Å². The highest BCUT2D eigenvalue weighted by Gasteiger charge is 2.29. The molecular formula is C17H20ClN3O4. The lowest BCUT2D eigenvalue weighted by Gasteiger charge is -2.12. The Bertz CT molecular complexity index is 656. The topological polar surface area (TPSA) is 89.0 Å². The number of hydrogen-bond donors (Lipinski definition) is 2. The fraction of sp³-hybridized carbons (Fsp3) is 0.471. The second-order valence-corrected chi connectivity index (χ2v) is 6.44. The van der Waals surface area contributed by atoms with E-state index in [4.69, 9.17) is 21.2 Å². The maximum Gasteiger partial charge on any atom is 0.264 e. The van der Waals surface area contributed by atoms with Gasteiger partial charge in [0.25, 0.3) is 5.91 Å². The van der Waals surface area contributed by atoms with Crippen LogP contribution in [0.1, 0.15) is 24.8 Å². The van der Waals surface area contributed by atoms with E-state index in [9.17, 15) is 9.59 Å². The zero-order valence-electron chi connectivity index (χ0n) is 13.7. The minimum absolute atomic E-state index is 0.0770. The zero-order chi connectivity index (χ0) is 17.6. The number of halogens is 1. The number of nitrogens with one attached hydrogen (secondary N) is 2. The molecule has 3 rings (SSSR count). The standard InChI is InChI=1S/C17H20ClN3O4/c18-12-5-3-11(4-6-12)14-8-15(25-21-14)17(23)20-10-16(22)19-9-13-2-1-7-24-13/h3-6,13,15H,1-2,7-10H2,(H,19,22)(H,20,23)/t13-,15-/m1/s1. The first-order chi connectivity index (χ1) is 12.1. The molecule has 1 aromatic rings. The third-order valence-corrected chi connectivity index (χ3v) is 4.36. The van der Waals surface area contributed by atoms with Gasteiger partial charge in [0.15, 0.2) is 0 Å². The van der Waals surface area contributed by atoms with Crippen molar-refractivity contribution >= 4 is 29.1 Å². The Labute approximate surface area is 150 Å². The van der Waals surface area contributed by atoms with Crippen molar-refractivity contribution in [1.29, 1.82) is 0 Å². The van der Waals surface area contributed by atoms with Crippen LogP contribution in [-0.4, -0.2) is 49.4 Å². The van der Waals surface area contributed by atoms with Gasteiger partial charge >= 0.3 is 0 Å². The molecule has 1 fully saturated rings. The molecule has 0 radical (unpaired) electrons. The lowest BCUT2D eigenvalue weighted by Crippen LogP contribution is -2.43. The van der Waals surface area contributed by atoms with Crippen molar-refractivity contribution in [2.75, 3.05) is 19.7 Å². The summed E-state index contributed by atoms with van der Waals surface area (Å²) in [5.41, 5.74) is 1.54. The van der Waals surface area contributed by atoms with Gasteiger partial charge in [-0.05, 0) is 30.5 Å². The summed E-state index contributed by atoms with van der Waals surface area (Å²) >= 11 is 5.85. The van der Waals surface area contributed by atoms with Gasteiger partial charge in [0.2, 0.25) is 12.0 Å². The Morgan fingerprint density at radius 3 is 2.76 bits per heavy atom. The summed E-state index contributed by atoms with van der Waals surface area (Å²) in [6, 6.07) is 7.16. The Kier molecular flexibility index (Phi) is 5.88. The fourth-order valence-corrected chi connectivity index (χ4v) is 2.83. The van der Waals surface area contributed by atoms with Crippen LogP contribution in [0.25, 0.3) is 0 Å². The number of amides is 2. The summed E-state index contributed by atoms with van der Waals surface area (Å²) in [7, 11) is 0. The fourth-order valence-electron chi connectivity index (χ4n) is 2.71. The summed E-state index contributed by atoms with van der Waals surface area (Å²) in [6.45, 7) is 1.12. The maximum atomic E-state index is 12.1. The number of ether oxygens (including phenoxy) is 1. The lowest BCUT2D eigenvalue weighted by molar-refractivity contribution is -0.133. The van der Waals surface area contributed by atoms with E-state index in [1.54, 1.807) is 12.1 Å². The predicted molar refractivity (Wildman–Crippen MR) is 92.5 cm³/mol. The molecule has 0 aromatic heterocycles. The SMILES string of the molecule is O=C(CNC(=O)[C@H]1CC(c2ccc(Cl)cc2)=NO1)NC[C@H]1CCCO1. The number of benzene rings is 1. The minimum atomic E-state index is -0.725. The summed E-state index contributed by atoms with van der Waals surface area (Å²) in [6.07, 6.45) is 1.68. The second-order valence-electron chi connectivity index (χ2n) is 6.00. The number of oxime groups is 1. The number of rotatable bonds is 6. The molecule has 25 heavy (non-hydrogen) atoms. The van der Waals surface area contributed by atoms with Crippen LogP contribution in [-0.2, 0) is 19.2 Å². The van der Waals surface area contributed by atoms with Gasteiger partial charge < -0.3 is 20.2 Å². The van der Waals surface area contributed by atoms with Gasteiger partial charge in [-0.2, -0.15) is 0 Å². The molecule has 2 N–H and O–H groups in total. The molecule has 2 aliphatic rings. The van der Waals surface area contributed by atoms with E-state index in [1.807, 2.05) is 12.1 Å². The first-order valence-electron chi connectivity index (χ1n) is 8.26. The molecular weight excluding hydrogens is 346 g/mol. The Balaban J connectivity index is 1.39. The van der Waals surface area contributed by atoms with Gasteiger partial charge in [0.05, 0.1) is 18.4 Å². The summed E-state index contributed by atoms with van der Waals surface area (Å²) in [5, 5.41) is 9.90. The van der Waals surface area contributed by atoms with Crippen molar-refractivity contribution in [2.24, 2.45) is 5.16 Å². The van der Waals surface area contributed by atoms with Crippen LogP contribution in [0.4, 0.5) is 0 Å². The summed E-state index contributed by atoms with van der Waals surface area (Å²) in [5.74, 6) is -0.610. The smallest absolute Gasteiger partial charge is 0.264 e. The molecule has 1 aromatic carbocycles. The Morgan fingerprint density at radius 2 is 2.04 bits per heavy atom. The second kappa shape index (κ2) is 8.31. The lowest BCUT2D eigenvalue weighted by atomic mass is 10.0. The molecule has 134 valence electrons. The molecule has 2 amide bonds. The third kappa shape index (κ3) is 4.93. The van der Waals surface area contributed by atoms with Gasteiger partial charge in [-0.15, -0.1) is 0 Å². The normalized spacial score (nSPS) is 22.2. The molecule has 0 bridgehead atoms. The average Bonchev–Trinajstić information content (AvgIpc) is 3.30. The monoisotopic (exact) mass is 365 g/mol. The van der Waals surface area contributed by atoms with Crippen molar-refractivity contribution in [3.8, 4) is 0 Å². The van der Waals surface area contributed by atoms with Crippen LogP contribution < -0.4 is 10.6 Å². The highest BCUT2D eigenvalue weighted by molar-refractivity contribution is 6.30. The molecule has 2 heterocycles. The van der Waals surface area contributed by atoms with E-state index < -0.39 is 6.10 Å². The van der Waals surface area contributed by atoms with Gasteiger partial charge in [-0.25, -0.2) is 0 Å². The quantitative estimate of drug-likeness (QED) is 0.794. The van der Waals surface area contributed by atoms with Crippen LogP contribution >= 0.6 is 11.6 Å². The first kappa shape index (κ1) is 17.7. The number of carbonyl (C=O) groups excluding carboxylic acids is 2. The first-order valence-corrected chi connectivity index (χ1v) is 8.64. The average molecular weight is 366 g/mol. The predicted octanol–water partition coefficient (Wildman–Crippen LogP) is 1.24. The maximum absolute atomic E-state index is 12.1. The minimum Gasteiger partial charge on any atom is -0.382 e. The zero-order valence-corrected chi connectivity index (χ0v) is 14.4. The van der Waals surface area contributed by atoms with Gasteiger partial charge in [-0.3, -0.25) is 9.59 Å². The molecule has 8 heteroatoms. The molecule has 0 unspecified atom stereocenters. The molecule has 0 saturated carbocycles. The molecule has 0 aliphatic carbocycles. The molecule has 2 atom stereocenters. The molecule has 7 nitrogen and oxygen atoms in total. The van der Waals surface area contributed by atoms with Crippen LogP contribution in [0, 0.1) is 0 Å². The van der Waals surface area contributed by atoms with Crippen molar-refractivity contribution in [3.05, 3.63) is 34.9 Å². The highest BCUT2D eigenvalue weighted by atomic mass is 35.5. The summed E-state index contributed by atoms with van der Waals surface area (Å²) < 4.78 is 5.43. The molecule has 2 aliphatic heterocycles. The van der Waals surface area contributed by atoms with E-state index >= 15 is 0 Å². The van der Waals surface area contributed by atoms with Crippen molar-refractivity contribution in [2.45, 2.75) is 31.5 Å². The highest BCUT2D eigenvalue weighted by Crippen LogP contribution is 2.18. The number of carbonyl (C=O) groups is 2. The number of nitrogens with zero attached hydrogens (tertiary/aromatic N) is 1. The molecule has 1 saturated heterocycles. The van der Waals surface area contributed by atoms with E-state index in [1.165, 1.54) is 0 Å². The van der Waals surface area contributed by atoms with Crippen LogP contribution in [0.3, 0.4) is 0 Å². The third-order valence-electron chi connectivity index (χ3n) is 4.11. The van der Waals surface area contributed by atoms with Crippen LogP contribution in [0.5, 0.6) is 0 Å². The van der Waals surface area contributed by atoms with Crippen LogP contribution in [0.15, 0.2) is 29.4 Å². The Morgan fingerprint density at radius 1 is 1.24 bits per heavy atom. The number of hydrogen-bond acceptors (Lipinski definition) is 5. The Hall–Kier alpha value is -2.12. The van der Waals surface area contributed by atoms with Gasteiger partial charge in [-0.1, -0.05) is 28.9 Å².